The van der Waals surface area contributed by atoms with Crippen LogP contribution in [0.2, 0.25) is 0 Å². The van der Waals surface area contributed by atoms with Crippen LogP contribution in [0.1, 0.15) is 46.5 Å². The van der Waals surface area contributed by atoms with Crippen LogP contribution in [0.4, 0.5) is 0 Å². The summed E-state index contributed by atoms with van der Waals surface area (Å²) in [6.45, 7) is 6.30. The van der Waals surface area contributed by atoms with Crippen molar-refractivity contribution >= 4 is 5.97 Å². The Labute approximate surface area is 108 Å². The third kappa shape index (κ3) is 1.56. The van der Waals surface area contributed by atoms with Crippen molar-refractivity contribution in [3.05, 3.63) is 11.1 Å². The van der Waals surface area contributed by atoms with Crippen LogP contribution in [0.25, 0.3) is 0 Å². The van der Waals surface area contributed by atoms with Gasteiger partial charge >= 0.3 is 5.97 Å². The standard InChI is InChI=1S/C15H22O3/c1-8-10-6-11-9(2)12(16)4-5-15(11,3)7-13(10)18-14(8)17/h8,10,12-13,16H,4-7H2,1-3H3/t8-,10+,12+,13+,15+/m0/s1. The summed E-state index contributed by atoms with van der Waals surface area (Å²) in [6, 6.07) is 0. The maximum absolute atomic E-state index is 11.7. The minimum atomic E-state index is -0.280. The van der Waals surface area contributed by atoms with Gasteiger partial charge in [-0.25, -0.2) is 0 Å². The predicted octanol–water partition coefficient (Wildman–Crippen LogP) is 2.44. The Morgan fingerprint density at radius 3 is 2.89 bits per heavy atom. The molecule has 5 atom stereocenters. The Morgan fingerprint density at radius 1 is 1.44 bits per heavy atom. The highest BCUT2D eigenvalue weighted by molar-refractivity contribution is 5.75. The van der Waals surface area contributed by atoms with E-state index in [2.05, 4.69) is 13.8 Å². The number of esters is 1. The number of hydrogen-bond acceptors (Lipinski definition) is 3. The number of aliphatic hydroxyl groups is 1. The third-order valence-corrected chi connectivity index (χ3v) is 5.52. The molecule has 0 spiro atoms. The summed E-state index contributed by atoms with van der Waals surface area (Å²) in [4.78, 5) is 11.7. The molecule has 0 bridgehead atoms. The zero-order chi connectivity index (χ0) is 13.1. The smallest absolute Gasteiger partial charge is 0.309 e. The average Bonchev–Trinajstić information content (AvgIpc) is 2.58. The molecule has 1 aliphatic heterocycles. The van der Waals surface area contributed by atoms with Crippen molar-refractivity contribution in [3.8, 4) is 0 Å². The molecular weight excluding hydrogens is 228 g/mol. The molecule has 3 heteroatoms. The maximum atomic E-state index is 11.7. The van der Waals surface area contributed by atoms with Crippen molar-refractivity contribution in [2.45, 2.75) is 58.7 Å². The first-order valence-electron chi connectivity index (χ1n) is 7.01. The van der Waals surface area contributed by atoms with Crippen LogP contribution in [0.5, 0.6) is 0 Å². The molecule has 3 aliphatic rings. The second kappa shape index (κ2) is 3.83. The van der Waals surface area contributed by atoms with Gasteiger partial charge in [-0.2, -0.15) is 0 Å². The van der Waals surface area contributed by atoms with E-state index in [-0.39, 0.29) is 29.5 Å². The zero-order valence-corrected chi connectivity index (χ0v) is 11.4. The summed E-state index contributed by atoms with van der Waals surface area (Å²) in [5.41, 5.74) is 2.68. The van der Waals surface area contributed by atoms with E-state index in [1.807, 2.05) is 6.92 Å². The molecule has 3 rings (SSSR count). The Hall–Kier alpha value is -0.830. The van der Waals surface area contributed by atoms with Gasteiger partial charge < -0.3 is 9.84 Å². The van der Waals surface area contributed by atoms with Crippen LogP contribution < -0.4 is 0 Å². The quantitative estimate of drug-likeness (QED) is 0.530. The molecule has 0 aromatic heterocycles. The van der Waals surface area contributed by atoms with Gasteiger partial charge in [0.1, 0.15) is 6.10 Å². The van der Waals surface area contributed by atoms with E-state index >= 15 is 0 Å². The van der Waals surface area contributed by atoms with Crippen LogP contribution in [-0.4, -0.2) is 23.3 Å². The molecule has 0 aromatic carbocycles. The van der Waals surface area contributed by atoms with Crippen LogP contribution in [0.3, 0.4) is 0 Å². The first-order chi connectivity index (χ1) is 8.42. The first kappa shape index (κ1) is 12.2. The second-order valence-corrected chi connectivity index (χ2v) is 6.61. The van der Waals surface area contributed by atoms with Gasteiger partial charge in [0.2, 0.25) is 0 Å². The Bertz CT molecular complexity index is 425. The third-order valence-electron chi connectivity index (χ3n) is 5.52. The highest BCUT2D eigenvalue weighted by Crippen LogP contribution is 2.54. The molecule has 1 saturated carbocycles. The summed E-state index contributed by atoms with van der Waals surface area (Å²) in [5.74, 6) is 0.297. The molecule has 1 N–H and O–H groups in total. The largest absolute Gasteiger partial charge is 0.462 e. The number of fused-ring (bicyclic) bond motifs is 2. The van der Waals surface area contributed by atoms with Crippen LogP contribution in [0.15, 0.2) is 11.1 Å². The Morgan fingerprint density at radius 2 is 2.17 bits per heavy atom. The van der Waals surface area contributed by atoms with Gasteiger partial charge in [0, 0.05) is 5.92 Å². The van der Waals surface area contributed by atoms with E-state index in [0.717, 1.165) is 31.3 Å². The fourth-order valence-corrected chi connectivity index (χ4v) is 4.15. The zero-order valence-electron chi connectivity index (χ0n) is 11.4. The monoisotopic (exact) mass is 250 g/mol. The molecule has 2 fully saturated rings. The summed E-state index contributed by atoms with van der Waals surface area (Å²) >= 11 is 0. The highest BCUT2D eigenvalue weighted by Gasteiger charge is 2.52. The summed E-state index contributed by atoms with van der Waals surface area (Å²) in [7, 11) is 0. The fourth-order valence-electron chi connectivity index (χ4n) is 4.15. The Kier molecular flexibility index (Phi) is 2.60. The lowest BCUT2D eigenvalue weighted by Gasteiger charge is -2.46. The molecule has 1 heterocycles. The molecule has 0 amide bonds. The van der Waals surface area contributed by atoms with Gasteiger partial charge in [-0.15, -0.1) is 0 Å². The number of carbonyl (C=O) groups excluding carboxylic acids is 1. The number of aliphatic hydroxyl groups excluding tert-OH is 1. The number of hydrogen-bond donors (Lipinski definition) is 1. The molecule has 2 aliphatic carbocycles. The lowest BCUT2D eigenvalue weighted by molar-refractivity contribution is -0.145. The van der Waals surface area contributed by atoms with Gasteiger partial charge in [0.15, 0.2) is 0 Å². The summed E-state index contributed by atoms with van der Waals surface area (Å²) < 4.78 is 5.53. The van der Waals surface area contributed by atoms with Crippen LogP contribution in [-0.2, 0) is 9.53 Å². The van der Waals surface area contributed by atoms with Crippen molar-refractivity contribution in [1.29, 1.82) is 0 Å². The van der Waals surface area contributed by atoms with E-state index in [1.165, 1.54) is 5.57 Å². The normalized spacial score (nSPS) is 47.7. The van der Waals surface area contributed by atoms with E-state index in [4.69, 9.17) is 4.74 Å². The Balaban J connectivity index is 1.97. The highest BCUT2D eigenvalue weighted by atomic mass is 16.6. The van der Waals surface area contributed by atoms with E-state index in [0.29, 0.717) is 5.92 Å². The van der Waals surface area contributed by atoms with Crippen molar-refractivity contribution in [3.63, 3.8) is 0 Å². The van der Waals surface area contributed by atoms with E-state index < -0.39 is 0 Å². The van der Waals surface area contributed by atoms with Crippen LogP contribution >= 0.6 is 0 Å². The summed E-state index contributed by atoms with van der Waals surface area (Å²) in [5, 5.41) is 10.0. The number of allylic oxidation sites excluding steroid dienone is 1. The van der Waals surface area contributed by atoms with Crippen molar-refractivity contribution < 1.29 is 14.6 Å². The second-order valence-electron chi connectivity index (χ2n) is 6.61. The number of ether oxygens (including phenoxy) is 1. The van der Waals surface area contributed by atoms with E-state index in [9.17, 15) is 9.90 Å². The molecule has 3 nitrogen and oxygen atoms in total. The van der Waals surface area contributed by atoms with Gasteiger partial charge in [0.25, 0.3) is 0 Å². The van der Waals surface area contributed by atoms with Crippen molar-refractivity contribution in [1.82, 2.24) is 0 Å². The molecule has 0 radical (unpaired) electrons. The number of rotatable bonds is 0. The SMILES string of the molecule is CC1=C2C[C@@H]3[C@H](C)C(=O)O[C@@H]3C[C@@]2(C)CC[C@H]1O. The molecule has 18 heavy (non-hydrogen) atoms. The van der Waals surface area contributed by atoms with Gasteiger partial charge in [-0.1, -0.05) is 19.4 Å². The van der Waals surface area contributed by atoms with Crippen molar-refractivity contribution in [2.75, 3.05) is 0 Å². The lowest BCUT2D eigenvalue weighted by Crippen LogP contribution is -2.41. The molecule has 100 valence electrons. The van der Waals surface area contributed by atoms with Gasteiger partial charge in [-0.05, 0) is 43.6 Å². The fraction of sp³-hybridized carbons (Fsp3) is 0.800. The van der Waals surface area contributed by atoms with Gasteiger partial charge in [0.05, 0.1) is 12.0 Å². The lowest BCUT2D eigenvalue weighted by atomic mass is 9.59. The average molecular weight is 250 g/mol. The topological polar surface area (TPSA) is 46.5 Å². The minimum absolute atomic E-state index is 0.0129. The minimum Gasteiger partial charge on any atom is -0.462 e. The maximum Gasteiger partial charge on any atom is 0.309 e. The van der Waals surface area contributed by atoms with Crippen molar-refractivity contribution in [2.24, 2.45) is 17.3 Å². The molecule has 0 aromatic rings. The van der Waals surface area contributed by atoms with Crippen LogP contribution in [0, 0.1) is 17.3 Å². The summed E-state index contributed by atoms with van der Waals surface area (Å²) in [6.07, 6.45) is 3.54. The van der Waals surface area contributed by atoms with Gasteiger partial charge in [-0.3, -0.25) is 4.79 Å². The molecule has 0 unspecified atom stereocenters. The molecule has 1 saturated heterocycles. The molecular formula is C15H22O3. The van der Waals surface area contributed by atoms with E-state index in [1.54, 1.807) is 0 Å². The predicted molar refractivity (Wildman–Crippen MR) is 67.8 cm³/mol. The first-order valence-corrected chi connectivity index (χ1v) is 7.01. The number of carbonyl (C=O) groups is 1.